The van der Waals surface area contributed by atoms with Gasteiger partial charge in [-0.15, -0.1) is 0 Å². The number of aromatic nitrogens is 1. The number of carbonyl (C=O) groups is 1. The van der Waals surface area contributed by atoms with Crippen molar-refractivity contribution in [2.45, 2.75) is 33.1 Å². The molecule has 0 aliphatic carbocycles. The molecule has 0 unspecified atom stereocenters. The van der Waals surface area contributed by atoms with Gasteiger partial charge in [0, 0.05) is 11.6 Å². The van der Waals surface area contributed by atoms with E-state index in [1.807, 2.05) is 33.8 Å². The smallest absolute Gasteiger partial charge is 0.358 e. The van der Waals surface area contributed by atoms with Crippen molar-refractivity contribution >= 4 is 5.97 Å². The van der Waals surface area contributed by atoms with Crippen LogP contribution in [0.1, 0.15) is 42.4 Å². The van der Waals surface area contributed by atoms with Gasteiger partial charge in [-0.2, -0.15) is 0 Å². The molecule has 0 spiro atoms. The maximum absolute atomic E-state index is 10.8. The molecular formula is C15H17NO4. The molecule has 0 aliphatic heterocycles. The van der Waals surface area contributed by atoms with Gasteiger partial charge in [0.25, 0.3) is 0 Å². The summed E-state index contributed by atoms with van der Waals surface area (Å²) < 4.78 is 5.09. The summed E-state index contributed by atoms with van der Waals surface area (Å²) in [4.78, 5) is 10.8. The van der Waals surface area contributed by atoms with Crippen molar-refractivity contribution in [3.05, 3.63) is 35.0 Å². The van der Waals surface area contributed by atoms with Crippen LogP contribution in [0, 0.1) is 6.92 Å². The van der Waals surface area contributed by atoms with Crippen LogP contribution < -0.4 is 0 Å². The zero-order chi connectivity index (χ0) is 15.1. The largest absolute Gasteiger partial charge is 0.508 e. The number of benzene rings is 1. The van der Waals surface area contributed by atoms with Gasteiger partial charge in [-0.3, -0.25) is 0 Å². The number of aromatic carboxylic acids is 1. The number of aryl methyl sites for hydroxylation is 1. The lowest BCUT2D eigenvalue weighted by atomic mass is 9.84. The number of hydrogen-bond acceptors (Lipinski definition) is 4. The second-order valence-electron chi connectivity index (χ2n) is 5.82. The minimum atomic E-state index is -1.13. The fraction of sp³-hybridized carbons (Fsp3) is 0.333. The summed E-state index contributed by atoms with van der Waals surface area (Å²) in [6.45, 7) is 7.79. The fourth-order valence-electron chi connectivity index (χ4n) is 2.06. The average molecular weight is 275 g/mol. The van der Waals surface area contributed by atoms with Gasteiger partial charge in [-0.1, -0.05) is 25.9 Å². The van der Waals surface area contributed by atoms with E-state index in [-0.39, 0.29) is 16.9 Å². The molecule has 20 heavy (non-hydrogen) atoms. The third-order valence-corrected chi connectivity index (χ3v) is 3.15. The number of carboxylic acids is 1. The van der Waals surface area contributed by atoms with Gasteiger partial charge in [0.1, 0.15) is 5.75 Å². The molecule has 0 amide bonds. The summed E-state index contributed by atoms with van der Waals surface area (Å²) in [5.74, 6) is -0.533. The Morgan fingerprint density at radius 3 is 2.40 bits per heavy atom. The molecule has 2 rings (SSSR count). The lowest BCUT2D eigenvalue weighted by Crippen LogP contribution is -2.11. The number of phenols is 1. The van der Waals surface area contributed by atoms with Crippen molar-refractivity contribution in [3.63, 3.8) is 0 Å². The normalized spacial score (nSPS) is 11.6. The molecule has 2 aromatic rings. The second kappa shape index (κ2) is 4.67. The Bertz CT molecular complexity index is 665. The minimum Gasteiger partial charge on any atom is -0.508 e. The Morgan fingerprint density at radius 1 is 1.25 bits per heavy atom. The third kappa shape index (κ3) is 2.52. The average Bonchev–Trinajstić information content (AvgIpc) is 2.76. The highest BCUT2D eigenvalue weighted by atomic mass is 16.5. The predicted octanol–water partition coefficient (Wildman–Crippen LogP) is 3.35. The first kappa shape index (κ1) is 14.1. The molecule has 5 heteroatoms. The van der Waals surface area contributed by atoms with Crippen LogP contribution in [-0.4, -0.2) is 21.3 Å². The Morgan fingerprint density at radius 2 is 1.90 bits per heavy atom. The lowest BCUT2D eigenvalue weighted by molar-refractivity contribution is 0.0686. The maximum Gasteiger partial charge on any atom is 0.358 e. The molecule has 0 aliphatic rings. The first-order valence-electron chi connectivity index (χ1n) is 6.24. The summed E-state index contributed by atoms with van der Waals surface area (Å²) in [6, 6.07) is 4.85. The summed E-state index contributed by atoms with van der Waals surface area (Å²) in [5, 5.41) is 22.4. The molecule has 1 aromatic heterocycles. The van der Waals surface area contributed by atoms with Gasteiger partial charge < -0.3 is 14.7 Å². The molecule has 5 nitrogen and oxygen atoms in total. The quantitative estimate of drug-likeness (QED) is 0.878. The van der Waals surface area contributed by atoms with Crippen LogP contribution in [0.15, 0.2) is 22.7 Å². The molecule has 1 heterocycles. The Balaban J connectivity index is 2.58. The molecule has 0 fully saturated rings. The minimum absolute atomic E-state index is 0.134. The fourth-order valence-corrected chi connectivity index (χ4v) is 2.06. The van der Waals surface area contributed by atoms with Crippen molar-refractivity contribution in [2.24, 2.45) is 0 Å². The van der Waals surface area contributed by atoms with Crippen molar-refractivity contribution in [2.75, 3.05) is 0 Å². The SMILES string of the molecule is Cc1cc(O)c(C(C)(C)C)cc1-c1cc(C(=O)O)no1. The van der Waals surface area contributed by atoms with Gasteiger partial charge in [0.15, 0.2) is 11.5 Å². The Labute approximate surface area is 116 Å². The topological polar surface area (TPSA) is 83.6 Å². The van der Waals surface area contributed by atoms with Gasteiger partial charge in [-0.05, 0) is 35.6 Å². The first-order chi connectivity index (χ1) is 9.20. The van der Waals surface area contributed by atoms with E-state index in [9.17, 15) is 9.90 Å². The van der Waals surface area contributed by atoms with Crippen LogP contribution in [0.4, 0.5) is 0 Å². The van der Waals surface area contributed by atoms with Crippen LogP contribution in [0.5, 0.6) is 5.75 Å². The number of hydrogen-bond donors (Lipinski definition) is 2. The summed E-state index contributed by atoms with van der Waals surface area (Å²) in [7, 11) is 0. The number of aromatic hydroxyl groups is 1. The molecule has 0 radical (unpaired) electrons. The first-order valence-corrected chi connectivity index (χ1v) is 6.24. The summed E-state index contributed by atoms with van der Waals surface area (Å²) in [6.07, 6.45) is 0. The van der Waals surface area contributed by atoms with Crippen molar-refractivity contribution in [1.82, 2.24) is 5.16 Å². The Hall–Kier alpha value is -2.30. The number of nitrogens with zero attached hydrogens (tertiary/aromatic N) is 1. The highest BCUT2D eigenvalue weighted by molar-refractivity contribution is 5.86. The third-order valence-electron chi connectivity index (χ3n) is 3.15. The summed E-state index contributed by atoms with van der Waals surface area (Å²) in [5.41, 5.74) is 1.93. The standard InChI is InChI=1S/C15H17NO4/c1-8-5-12(17)10(15(2,3)4)6-9(8)13-7-11(14(18)19)16-20-13/h5-7,17H,1-4H3,(H,18,19). The van der Waals surface area contributed by atoms with Crippen LogP contribution in [0.2, 0.25) is 0 Å². The molecule has 2 N–H and O–H groups in total. The molecular weight excluding hydrogens is 258 g/mol. The molecule has 106 valence electrons. The van der Waals surface area contributed by atoms with E-state index in [1.54, 1.807) is 6.07 Å². The van der Waals surface area contributed by atoms with Crippen molar-refractivity contribution < 1.29 is 19.5 Å². The summed E-state index contributed by atoms with van der Waals surface area (Å²) >= 11 is 0. The van der Waals surface area contributed by atoms with E-state index >= 15 is 0 Å². The van der Waals surface area contributed by atoms with Crippen LogP contribution in [0.25, 0.3) is 11.3 Å². The highest BCUT2D eigenvalue weighted by Gasteiger charge is 2.22. The molecule has 1 aromatic carbocycles. The van der Waals surface area contributed by atoms with E-state index in [2.05, 4.69) is 5.16 Å². The maximum atomic E-state index is 10.8. The van der Waals surface area contributed by atoms with Gasteiger partial charge in [0.05, 0.1) is 0 Å². The van der Waals surface area contributed by atoms with Crippen LogP contribution in [-0.2, 0) is 5.41 Å². The van der Waals surface area contributed by atoms with Crippen molar-refractivity contribution in [1.29, 1.82) is 0 Å². The van der Waals surface area contributed by atoms with Crippen LogP contribution in [0.3, 0.4) is 0 Å². The van der Waals surface area contributed by atoms with Crippen molar-refractivity contribution in [3.8, 4) is 17.1 Å². The molecule has 0 saturated heterocycles. The van der Waals surface area contributed by atoms with E-state index in [0.717, 1.165) is 16.7 Å². The molecule has 0 saturated carbocycles. The number of phenolic OH excluding ortho intramolecular Hbond substituents is 1. The van der Waals surface area contributed by atoms with E-state index in [4.69, 9.17) is 9.63 Å². The van der Waals surface area contributed by atoms with Gasteiger partial charge in [0.2, 0.25) is 0 Å². The number of carboxylic acid groups (broad SMARTS) is 1. The zero-order valence-electron chi connectivity index (χ0n) is 11.9. The molecule has 0 bridgehead atoms. The second-order valence-corrected chi connectivity index (χ2v) is 5.82. The zero-order valence-corrected chi connectivity index (χ0v) is 11.9. The monoisotopic (exact) mass is 275 g/mol. The molecule has 0 atom stereocenters. The predicted molar refractivity (Wildman–Crippen MR) is 74.0 cm³/mol. The van der Waals surface area contributed by atoms with E-state index < -0.39 is 5.97 Å². The van der Waals surface area contributed by atoms with E-state index in [1.165, 1.54) is 6.07 Å². The lowest BCUT2D eigenvalue weighted by Gasteiger charge is -2.21. The van der Waals surface area contributed by atoms with E-state index in [0.29, 0.717) is 5.76 Å². The highest BCUT2D eigenvalue weighted by Crippen LogP contribution is 2.36. The van der Waals surface area contributed by atoms with Gasteiger partial charge >= 0.3 is 5.97 Å². The van der Waals surface area contributed by atoms with Crippen LogP contribution >= 0.6 is 0 Å². The Kier molecular flexibility index (Phi) is 3.29. The van der Waals surface area contributed by atoms with Gasteiger partial charge in [-0.25, -0.2) is 4.79 Å². The number of rotatable bonds is 2.